The SMILES string of the molecule is CC(C)[C@H](NC(=O)CCCCCN1C(=O)C=CC1=O)C(=O)N[C@@H](C)C(=O)NCCCN(C(=O)CSCCC(=O)NCCC(=O)N[C@H](CCC(=O)O)C(=O)O)[C@@H](c1cc(-c2cc(F)ccc2F)cn1Cc1ccccc1)C(C)(C)C. The molecule has 2 aromatic carbocycles. The van der Waals surface area contributed by atoms with Gasteiger partial charge in [0.15, 0.2) is 0 Å². The number of aromatic nitrogens is 1. The quantitative estimate of drug-likeness (QED) is 0.0309. The molecule has 20 nitrogen and oxygen atoms in total. The molecule has 23 heteroatoms. The van der Waals surface area contributed by atoms with Crippen LogP contribution in [0.15, 0.2) is 72.9 Å². The topological polar surface area (TPSA) is 283 Å². The minimum Gasteiger partial charge on any atom is -0.481 e. The van der Waals surface area contributed by atoms with E-state index in [1.54, 1.807) is 31.0 Å². The van der Waals surface area contributed by atoms with Crippen LogP contribution in [0, 0.1) is 23.0 Å². The number of hydrogen-bond acceptors (Lipinski definition) is 11. The molecule has 4 atom stereocenters. The zero-order valence-electron chi connectivity index (χ0n) is 45.6. The van der Waals surface area contributed by atoms with Crippen molar-refractivity contribution in [3.63, 3.8) is 0 Å². The van der Waals surface area contributed by atoms with Crippen molar-refractivity contribution in [3.8, 4) is 11.1 Å². The van der Waals surface area contributed by atoms with Crippen molar-refractivity contribution in [1.82, 2.24) is 41.0 Å². The lowest BCUT2D eigenvalue weighted by molar-refractivity contribution is -0.143. The van der Waals surface area contributed by atoms with E-state index in [0.29, 0.717) is 37.1 Å². The third-order valence-electron chi connectivity index (χ3n) is 12.8. The first-order valence-corrected chi connectivity index (χ1v) is 27.5. The molecule has 4 rings (SSSR count). The summed E-state index contributed by atoms with van der Waals surface area (Å²) in [6.07, 6.45) is 4.94. The number of amides is 8. The molecule has 1 aliphatic heterocycles. The standard InChI is InChI=1S/C56H74F2N8O12S/c1-35(2)51(63-45(68)16-11-8-12-27-65-47(70)20-21-48(65)71)54(76)61-36(3)53(75)60-25-13-28-66(49(72)34-79-29-24-44(67)59-26-23-46(69)62-42(55(77)78)19-22-50(73)74)52(56(4,5)6)43-30-38(40-31-39(57)17-18-41(40)58)33-64(43)32-37-14-9-7-10-15-37/h7,9-10,14-15,17-18,20-21,30-31,33,35-36,42,51-52H,8,11-13,16,19,22-29,32,34H2,1-6H3,(H,59,67)(H,60,75)(H,61,76)(H,62,69)(H,63,68)(H,73,74)(H,77,78)/t36-,42+,51-,52-/m0/s1. The summed E-state index contributed by atoms with van der Waals surface area (Å²) < 4.78 is 32.0. The van der Waals surface area contributed by atoms with Crippen molar-refractivity contribution in [2.24, 2.45) is 11.3 Å². The first-order valence-electron chi connectivity index (χ1n) is 26.3. The van der Waals surface area contributed by atoms with E-state index in [2.05, 4.69) is 26.6 Å². The Kier molecular flexibility index (Phi) is 25.3. The Balaban J connectivity index is 1.45. The molecule has 0 fully saturated rings. The van der Waals surface area contributed by atoms with E-state index >= 15 is 4.39 Å². The Morgan fingerprint density at radius 3 is 2.06 bits per heavy atom. The van der Waals surface area contributed by atoms with Gasteiger partial charge in [0, 0.05) is 99.3 Å². The van der Waals surface area contributed by atoms with Crippen LogP contribution >= 0.6 is 11.8 Å². The van der Waals surface area contributed by atoms with Gasteiger partial charge in [-0.2, -0.15) is 11.8 Å². The number of hydrogen-bond donors (Lipinski definition) is 7. The van der Waals surface area contributed by atoms with Crippen molar-refractivity contribution >= 4 is 71.0 Å². The molecule has 3 aromatic rings. The highest BCUT2D eigenvalue weighted by Gasteiger charge is 2.37. The number of nitrogens with one attached hydrogen (secondary N) is 5. The van der Waals surface area contributed by atoms with Gasteiger partial charge in [0.25, 0.3) is 11.8 Å². The third kappa shape index (κ3) is 21.0. The number of halogens is 2. The van der Waals surface area contributed by atoms with Crippen LogP contribution in [-0.4, -0.2) is 140 Å². The Morgan fingerprint density at radius 1 is 0.734 bits per heavy atom. The Bertz CT molecular complexity index is 2660. The highest BCUT2D eigenvalue weighted by atomic mass is 32.2. The maximum Gasteiger partial charge on any atom is 0.326 e. The number of thioether (sulfide) groups is 1. The lowest BCUT2D eigenvalue weighted by Gasteiger charge is -2.41. The summed E-state index contributed by atoms with van der Waals surface area (Å²) in [6.45, 7) is 11.4. The Morgan fingerprint density at radius 2 is 1.42 bits per heavy atom. The Hall–Kier alpha value is -7.43. The van der Waals surface area contributed by atoms with Gasteiger partial charge in [-0.1, -0.05) is 71.4 Å². The van der Waals surface area contributed by atoms with E-state index in [-0.39, 0.29) is 105 Å². The van der Waals surface area contributed by atoms with Crippen molar-refractivity contribution in [2.45, 2.75) is 130 Å². The van der Waals surface area contributed by atoms with Gasteiger partial charge >= 0.3 is 11.9 Å². The van der Waals surface area contributed by atoms with E-state index in [4.69, 9.17) is 5.11 Å². The van der Waals surface area contributed by atoms with Crippen LogP contribution in [0.25, 0.3) is 11.1 Å². The molecule has 0 bridgehead atoms. The minimum absolute atomic E-state index is 0.0251. The summed E-state index contributed by atoms with van der Waals surface area (Å²) in [4.78, 5) is 128. The van der Waals surface area contributed by atoms with Crippen LogP contribution in [0.2, 0.25) is 0 Å². The van der Waals surface area contributed by atoms with Crippen molar-refractivity contribution in [1.29, 1.82) is 0 Å². The normalized spacial score (nSPS) is 13.8. The number of rotatable bonds is 33. The van der Waals surface area contributed by atoms with E-state index in [1.165, 1.54) is 30.8 Å². The second-order valence-electron chi connectivity index (χ2n) is 20.7. The molecule has 0 saturated carbocycles. The second-order valence-corrected chi connectivity index (χ2v) is 21.8. The number of nitrogens with zero attached hydrogens (tertiary/aromatic N) is 3. The molecule has 8 amide bonds. The summed E-state index contributed by atoms with van der Waals surface area (Å²) in [5.74, 6) is -7.79. The number of aliphatic carboxylic acids is 2. The van der Waals surface area contributed by atoms with Crippen LogP contribution in [0.3, 0.4) is 0 Å². The zero-order chi connectivity index (χ0) is 58.4. The number of carbonyl (C=O) groups excluding carboxylic acids is 8. The molecule has 79 heavy (non-hydrogen) atoms. The summed E-state index contributed by atoms with van der Waals surface area (Å²) in [5, 5.41) is 31.3. The first-order chi connectivity index (χ1) is 37.4. The van der Waals surface area contributed by atoms with Crippen LogP contribution in [-0.2, 0) is 54.5 Å². The molecule has 0 saturated heterocycles. The fraction of sp³-hybridized carbons (Fsp3) is 0.500. The molecule has 0 unspecified atom stereocenters. The van der Waals surface area contributed by atoms with Gasteiger partial charge in [-0.05, 0) is 73.8 Å². The van der Waals surface area contributed by atoms with Crippen LogP contribution in [0.1, 0.15) is 117 Å². The van der Waals surface area contributed by atoms with E-state index in [0.717, 1.165) is 28.7 Å². The van der Waals surface area contributed by atoms with Crippen LogP contribution < -0.4 is 26.6 Å². The second kappa shape index (κ2) is 31.2. The van der Waals surface area contributed by atoms with Gasteiger partial charge in [0.1, 0.15) is 29.8 Å². The van der Waals surface area contributed by atoms with Crippen molar-refractivity contribution < 1.29 is 66.9 Å². The zero-order valence-corrected chi connectivity index (χ0v) is 46.4. The van der Waals surface area contributed by atoms with Gasteiger partial charge < -0.3 is 46.3 Å². The van der Waals surface area contributed by atoms with Gasteiger partial charge in [0.2, 0.25) is 35.4 Å². The molecule has 0 aliphatic carbocycles. The lowest BCUT2D eigenvalue weighted by atomic mass is 9.83. The molecular formula is C56H74F2N8O12S. The van der Waals surface area contributed by atoms with Gasteiger partial charge in [0.05, 0.1) is 11.8 Å². The number of carboxylic acids is 2. The molecule has 2 heterocycles. The van der Waals surface area contributed by atoms with E-state index < -0.39 is 83.2 Å². The largest absolute Gasteiger partial charge is 0.481 e. The van der Waals surface area contributed by atoms with Gasteiger partial charge in [-0.25, -0.2) is 13.6 Å². The molecule has 1 aliphatic rings. The Labute approximate surface area is 463 Å². The predicted molar refractivity (Wildman–Crippen MR) is 292 cm³/mol. The summed E-state index contributed by atoms with van der Waals surface area (Å²) >= 11 is 1.18. The number of carboxylic acid groups (broad SMARTS) is 2. The fourth-order valence-electron chi connectivity index (χ4n) is 8.76. The fourth-order valence-corrected chi connectivity index (χ4v) is 9.57. The van der Waals surface area contributed by atoms with Gasteiger partial charge in [-0.3, -0.25) is 48.1 Å². The maximum absolute atomic E-state index is 15.4. The molecule has 1 aromatic heterocycles. The maximum atomic E-state index is 15.4. The third-order valence-corrected chi connectivity index (χ3v) is 13.8. The number of unbranched alkanes of at least 4 members (excludes halogenated alkanes) is 2. The molecular weight excluding hydrogens is 1050 g/mol. The molecule has 0 radical (unpaired) electrons. The van der Waals surface area contributed by atoms with Gasteiger partial charge in [-0.15, -0.1) is 0 Å². The summed E-state index contributed by atoms with van der Waals surface area (Å²) in [7, 11) is 0. The van der Waals surface area contributed by atoms with E-state index in [1.807, 2.05) is 55.7 Å². The van der Waals surface area contributed by atoms with Crippen LogP contribution in [0.5, 0.6) is 0 Å². The molecule has 7 N–H and O–H groups in total. The molecule has 430 valence electrons. The summed E-state index contributed by atoms with van der Waals surface area (Å²) in [6, 6.07) is 10.3. The monoisotopic (exact) mass is 1120 g/mol. The van der Waals surface area contributed by atoms with Crippen molar-refractivity contribution in [2.75, 3.05) is 37.7 Å². The average molecular weight is 1120 g/mol. The predicted octanol–water partition coefficient (Wildman–Crippen LogP) is 5.10. The molecule has 0 spiro atoms. The lowest BCUT2D eigenvalue weighted by Crippen LogP contribution is -2.54. The number of imide groups is 1. The van der Waals surface area contributed by atoms with Crippen molar-refractivity contribution in [3.05, 3.63) is 95.8 Å². The highest BCUT2D eigenvalue weighted by Crippen LogP contribution is 2.41. The smallest absolute Gasteiger partial charge is 0.326 e. The minimum atomic E-state index is -1.41. The van der Waals surface area contributed by atoms with Crippen LogP contribution in [0.4, 0.5) is 8.78 Å². The first kappa shape index (κ1) is 64.1. The number of carbonyl (C=O) groups is 10. The highest BCUT2D eigenvalue weighted by molar-refractivity contribution is 7.99. The average Bonchev–Trinajstić information content (AvgIpc) is 3.99. The van der Waals surface area contributed by atoms with E-state index in [9.17, 15) is 57.4 Å². The number of benzene rings is 2. The summed E-state index contributed by atoms with van der Waals surface area (Å²) in [5.41, 5.74) is 1.22.